The van der Waals surface area contributed by atoms with E-state index in [9.17, 15) is 27.4 Å². The number of ether oxygens (including phenoxy) is 3. The Morgan fingerprint density at radius 2 is 1.91 bits per heavy atom. The van der Waals surface area contributed by atoms with E-state index < -0.39 is 58.0 Å². The monoisotopic (exact) mass is 478 g/mol. The van der Waals surface area contributed by atoms with Crippen LogP contribution >= 0.6 is 0 Å². The molecule has 0 radical (unpaired) electrons. The molecule has 3 aliphatic rings. The summed E-state index contributed by atoms with van der Waals surface area (Å²) in [7, 11) is -4.47. The van der Waals surface area contributed by atoms with E-state index in [0.29, 0.717) is 17.5 Å². The van der Waals surface area contributed by atoms with Crippen LogP contribution in [-0.4, -0.2) is 43.1 Å². The van der Waals surface area contributed by atoms with Gasteiger partial charge in [-0.3, -0.25) is 14.1 Å². The predicted octanol–water partition coefficient (Wildman–Crippen LogP) is 2.57. The molecule has 4 rings (SSSR count). The lowest BCUT2D eigenvalue weighted by molar-refractivity contribution is -0.160. The van der Waals surface area contributed by atoms with Crippen molar-refractivity contribution in [1.82, 2.24) is 0 Å². The molecule has 0 amide bonds. The number of aryl methyl sites for hydroxylation is 1. The van der Waals surface area contributed by atoms with Crippen LogP contribution in [0.15, 0.2) is 29.2 Å². The fourth-order valence-corrected chi connectivity index (χ4v) is 6.25. The number of hydrogen-bond acceptors (Lipinski definition) is 8. The molecular weight excluding hydrogens is 452 g/mol. The van der Waals surface area contributed by atoms with Crippen LogP contribution in [0.5, 0.6) is 5.75 Å². The van der Waals surface area contributed by atoms with E-state index >= 15 is 0 Å². The third kappa shape index (κ3) is 3.85. The lowest BCUT2D eigenvalue weighted by Gasteiger charge is -2.30. The van der Waals surface area contributed by atoms with Gasteiger partial charge in [0, 0.05) is 17.4 Å². The van der Waals surface area contributed by atoms with Gasteiger partial charge in [0.1, 0.15) is 18.0 Å². The summed E-state index contributed by atoms with van der Waals surface area (Å²) in [5.74, 6) is -4.13. The number of carbonyl (C=O) groups excluding carboxylic acids is 3. The maximum atomic E-state index is 13.3. The summed E-state index contributed by atoms with van der Waals surface area (Å²) in [6.07, 6.45) is -0.843. The Labute approximate surface area is 191 Å². The van der Waals surface area contributed by atoms with Crippen molar-refractivity contribution in [3.05, 3.63) is 35.4 Å². The van der Waals surface area contributed by atoms with Crippen LogP contribution in [0.3, 0.4) is 0 Å². The van der Waals surface area contributed by atoms with Crippen molar-refractivity contribution in [3.8, 4) is 5.75 Å². The summed E-state index contributed by atoms with van der Waals surface area (Å²) < 4.78 is 49.8. The van der Waals surface area contributed by atoms with Crippen LogP contribution in [-0.2, 0) is 34.0 Å². The molecule has 33 heavy (non-hydrogen) atoms. The molecule has 1 heterocycles. The van der Waals surface area contributed by atoms with Crippen molar-refractivity contribution in [1.29, 1.82) is 0 Å². The number of benzene rings is 1. The molecule has 1 saturated heterocycles. The van der Waals surface area contributed by atoms with Gasteiger partial charge in [0.2, 0.25) is 0 Å². The van der Waals surface area contributed by atoms with Crippen molar-refractivity contribution in [3.63, 3.8) is 0 Å². The maximum absolute atomic E-state index is 13.3. The van der Waals surface area contributed by atoms with Gasteiger partial charge in [0.25, 0.3) is 10.1 Å². The summed E-state index contributed by atoms with van der Waals surface area (Å²) in [5, 5.41) is 0. The SMILES string of the molecule is C=C(C)C(=O)OC1C2CC3C1OC(=O)C3C2C(=O)Oc1cc(C(C)C)c(S(=O)(=O)O)cc1C. The van der Waals surface area contributed by atoms with Crippen LogP contribution in [0.1, 0.15) is 44.2 Å². The second-order valence-corrected chi connectivity index (χ2v) is 10.8. The minimum absolute atomic E-state index is 0.136. The Hall–Kier alpha value is -2.72. The molecule has 1 aliphatic heterocycles. The second kappa shape index (κ2) is 7.95. The van der Waals surface area contributed by atoms with E-state index in [1.165, 1.54) is 19.1 Å². The van der Waals surface area contributed by atoms with Crippen LogP contribution in [0.4, 0.5) is 0 Å². The van der Waals surface area contributed by atoms with Gasteiger partial charge in [-0.05, 0) is 49.4 Å². The Bertz CT molecular complexity index is 1170. The largest absolute Gasteiger partial charge is 0.458 e. The summed E-state index contributed by atoms with van der Waals surface area (Å²) in [5.41, 5.74) is 0.835. The molecule has 9 nitrogen and oxygen atoms in total. The highest BCUT2D eigenvalue weighted by Crippen LogP contribution is 2.59. The second-order valence-electron chi connectivity index (χ2n) is 9.37. The zero-order valence-electron chi connectivity index (χ0n) is 18.7. The Morgan fingerprint density at radius 1 is 1.24 bits per heavy atom. The summed E-state index contributed by atoms with van der Waals surface area (Å²) in [4.78, 5) is 37.6. The fourth-order valence-electron chi connectivity index (χ4n) is 5.33. The number of rotatable bonds is 6. The molecular formula is C23H26O9S. The lowest BCUT2D eigenvalue weighted by Crippen LogP contribution is -2.44. The average molecular weight is 479 g/mol. The van der Waals surface area contributed by atoms with Gasteiger partial charge < -0.3 is 14.2 Å². The van der Waals surface area contributed by atoms with Crippen molar-refractivity contribution < 1.29 is 41.6 Å². The fraction of sp³-hybridized carbons (Fsp3) is 0.522. The number of fused-ring (bicyclic) bond motifs is 1. The van der Waals surface area contributed by atoms with Crippen molar-refractivity contribution in [2.24, 2.45) is 23.7 Å². The molecule has 2 aliphatic carbocycles. The highest BCUT2D eigenvalue weighted by molar-refractivity contribution is 7.85. The summed E-state index contributed by atoms with van der Waals surface area (Å²) in [6.45, 7) is 10.1. The van der Waals surface area contributed by atoms with Gasteiger partial charge in [0.05, 0.1) is 16.7 Å². The van der Waals surface area contributed by atoms with Crippen molar-refractivity contribution in [2.75, 3.05) is 0 Å². The number of carbonyl (C=O) groups is 3. The topological polar surface area (TPSA) is 133 Å². The standard InChI is InChI=1S/C23H26O9S/c1-9(2)12-8-15(11(5)6-16(12)33(27,28)29)30-22(25)17-13-7-14-18(17)23(26)32-20(14)19(13)31-21(24)10(3)4/h6,8-9,13-14,17-20H,3,7H2,1-2,4-5H3,(H,27,28,29). The zero-order chi connectivity index (χ0) is 24.4. The normalized spacial score (nSPS) is 29.8. The Morgan fingerprint density at radius 3 is 2.48 bits per heavy atom. The van der Waals surface area contributed by atoms with Gasteiger partial charge in [-0.25, -0.2) is 4.79 Å². The molecule has 1 aromatic carbocycles. The van der Waals surface area contributed by atoms with E-state index in [2.05, 4.69) is 6.58 Å². The lowest BCUT2D eigenvalue weighted by atomic mass is 9.78. The molecule has 2 saturated carbocycles. The van der Waals surface area contributed by atoms with Gasteiger partial charge in [-0.2, -0.15) is 8.42 Å². The Balaban J connectivity index is 1.64. The van der Waals surface area contributed by atoms with E-state index in [1.54, 1.807) is 20.8 Å². The van der Waals surface area contributed by atoms with Crippen LogP contribution in [0.25, 0.3) is 0 Å². The van der Waals surface area contributed by atoms with Crippen LogP contribution in [0, 0.1) is 30.6 Å². The molecule has 0 aromatic heterocycles. The predicted molar refractivity (Wildman–Crippen MR) is 114 cm³/mol. The molecule has 0 spiro atoms. The maximum Gasteiger partial charge on any atom is 0.333 e. The van der Waals surface area contributed by atoms with Crippen LogP contribution in [0.2, 0.25) is 0 Å². The molecule has 10 heteroatoms. The smallest absolute Gasteiger partial charge is 0.333 e. The van der Waals surface area contributed by atoms with Crippen LogP contribution < -0.4 is 4.74 Å². The quantitative estimate of drug-likeness (QED) is 0.283. The highest BCUT2D eigenvalue weighted by Gasteiger charge is 2.70. The first-order chi connectivity index (χ1) is 15.3. The van der Waals surface area contributed by atoms with Gasteiger partial charge in [-0.1, -0.05) is 20.4 Å². The molecule has 1 N–H and O–H groups in total. The molecule has 3 fully saturated rings. The van der Waals surface area contributed by atoms with Gasteiger partial charge >= 0.3 is 17.9 Å². The third-order valence-corrected chi connectivity index (χ3v) is 7.74. The van der Waals surface area contributed by atoms with Gasteiger partial charge in [-0.15, -0.1) is 0 Å². The number of hydrogen-bond donors (Lipinski definition) is 1. The van der Waals surface area contributed by atoms with E-state index in [-0.39, 0.29) is 28.1 Å². The van der Waals surface area contributed by atoms with Crippen molar-refractivity contribution in [2.45, 2.75) is 57.1 Å². The van der Waals surface area contributed by atoms with Crippen molar-refractivity contribution >= 4 is 28.0 Å². The third-order valence-electron chi connectivity index (χ3n) is 6.83. The summed E-state index contributed by atoms with van der Waals surface area (Å²) >= 11 is 0. The average Bonchev–Trinajstić information content (AvgIpc) is 3.31. The Kier molecular flexibility index (Phi) is 5.65. The molecule has 2 bridgehead atoms. The minimum atomic E-state index is -4.47. The first-order valence-electron chi connectivity index (χ1n) is 10.7. The molecule has 6 unspecified atom stereocenters. The molecule has 6 atom stereocenters. The van der Waals surface area contributed by atoms with Gasteiger partial charge in [0.15, 0.2) is 0 Å². The molecule has 178 valence electrons. The van der Waals surface area contributed by atoms with E-state index in [4.69, 9.17) is 14.2 Å². The first-order valence-corrected chi connectivity index (χ1v) is 12.2. The minimum Gasteiger partial charge on any atom is -0.458 e. The highest BCUT2D eigenvalue weighted by atomic mass is 32.2. The van der Waals surface area contributed by atoms with E-state index in [0.717, 1.165) is 0 Å². The zero-order valence-corrected chi connectivity index (χ0v) is 19.5. The number of esters is 3. The summed E-state index contributed by atoms with van der Waals surface area (Å²) in [6, 6.07) is 2.67. The molecule has 1 aromatic rings. The van der Waals surface area contributed by atoms with E-state index in [1.807, 2.05) is 0 Å². The first kappa shape index (κ1) is 23.4.